The van der Waals surface area contributed by atoms with Gasteiger partial charge in [-0.25, -0.2) is 9.37 Å². The van der Waals surface area contributed by atoms with E-state index in [-0.39, 0.29) is 5.57 Å². The molecule has 1 fully saturated rings. The number of allylic oxidation sites excluding steroid dienone is 4. The van der Waals surface area contributed by atoms with Crippen LogP contribution in [0.25, 0.3) is 11.3 Å². The predicted octanol–water partition coefficient (Wildman–Crippen LogP) is 6.63. The van der Waals surface area contributed by atoms with Crippen LogP contribution in [-0.4, -0.2) is 59.8 Å². The van der Waals surface area contributed by atoms with Crippen molar-refractivity contribution in [1.82, 2.24) is 14.5 Å². The Bertz CT molecular complexity index is 1230. The number of benzene rings is 1. The number of halogens is 1. The fourth-order valence-electron chi connectivity index (χ4n) is 5.36. The molecule has 7 nitrogen and oxygen atoms in total. The van der Waals surface area contributed by atoms with Gasteiger partial charge in [0, 0.05) is 32.2 Å². The molecule has 2 heterocycles. The van der Waals surface area contributed by atoms with Crippen molar-refractivity contribution >= 4 is 11.9 Å². The summed E-state index contributed by atoms with van der Waals surface area (Å²) in [6.07, 6.45) is 13.6. The number of unbranched alkanes of at least 4 members (excludes halogenated alkanes) is 2. The standard InChI is InChI=1S/C33H45FN4O3/c1-4-6-8-11-25(5-2)24-30-31(26-14-16-27(17-15-26)41-23-20-38-18-21-40-22-19-38)37(3)33(35-30)36-32(39)28-12-9-7-10-13-29(28)34/h9-10,12-17,25H,4-8,11,18-24H2,1-3H3,(H,35,36,39). The highest BCUT2D eigenvalue weighted by Gasteiger charge is 2.22. The van der Waals surface area contributed by atoms with E-state index in [1.54, 1.807) is 12.2 Å². The van der Waals surface area contributed by atoms with E-state index in [2.05, 4.69) is 36.2 Å². The molecule has 1 atom stereocenters. The minimum absolute atomic E-state index is 0.00873. The molecule has 0 radical (unpaired) electrons. The van der Waals surface area contributed by atoms with Gasteiger partial charge in [0.05, 0.1) is 30.2 Å². The van der Waals surface area contributed by atoms with Crippen molar-refractivity contribution in [2.45, 2.75) is 58.8 Å². The number of ether oxygens (including phenoxy) is 2. The average Bonchev–Trinajstić information content (AvgIpc) is 3.13. The highest BCUT2D eigenvalue weighted by Crippen LogP contribution is 2.32. The number of imidazole rings is 1. The Morgan fingerprint density at radius 2 is 1.88 bits per heavy atom. The summed E-state index contributed by atoms with van der Waals surface area (Å²) >= 11 is 0. The second-order valence-electron chi connectivity index (χ2n) is 10.8. The summed E-state index contributed by atoms with van der Waals surface area (Å²) < 4.78 is 27.9. The van der Waals surface area contributed by atoms with E-state index in [0.29, 0.717) is 24.9 Å². The van der Waals surface area contributed by atoms with Crippen molar-refractivity contribution in [2.24, 2.45) is 13.0 Å². The van der Waals surface area contributed by atoms with Crippen molar-refractivity contribution in [2.75, 3.05) is 44.8 Å². The smallest absolute Gasteiger partial charge is 0.260 e. The fraction of sp³-hybridized carbons (Fsp3) is 0.515. The Morgan fingerprint density at radius 1 is 1.12 bits per heavy atom. The monoisotopic (exact) mass is 564 g/mol. The zero-order valence-electron chi connectivity index (χ0n) is 24.8. The number of carbonyl (C=O) groups excluding carboxylic acids is 1. The number of anilines is 1. The van der Waals surface area contributed by atoms with E-state index in [1.807, 2.05) is 23.7 Å². The Balaban J connectivity index is 1.54. The second-order valence-corrected chi connectivity index (χ2v) is 10.8. The maximum atomic E-state index is 14.5. The first-order valence-corrected chi connectivity index (χ1v) is 15.1. The van der Waals surface area contributed by atoms with Gasteiger partial charge < -0.3 is 14.0 Å². The van der Waals surface area contributed by atoms with Gasteiger partial charge in [-0.05, 0) is 49.1 Å². The number of nitrogens with one attached hydrogen (secondary N) is 1. The van der Waals surface area contributed by atoms with E-state index < -0.39 is 11.7 Å². The zero-order valence-corrected chi connectivity index (χ0v) is 24.8. The fourth-order valence-corrected chi connectivity index (χ4v) is 5.36. The lowest BCUT2D eigenvalue weighted by molar-refractivity contribution is -0.112. The van der Waals surface area contributed by atoms with Gasteiger partial charge >= 0.3 is 0 Å². The molecule has 41 heavy (non-hydrogen) atoms. The quantitative estimate of drug-likeness (QED) is 0.261. The lowest BCUT2D eigenvalue weighted by atomic mass is 9.92. The predicted molar refractivity (Wildman–Crippen MR) is 163 cm³/mol. The van der Waals surface area contributed by atoms with Crippen LogP contribution in [-0.2, 0) is 23.0 Å². The largest absolute Gasteiger partial charge is 0.492 e. The summed E-state index contributed by atoms with van der Waals surface area (Å²) in [6.45, 7) is 9.39. The lowest BCUT2D eigenvalue weighted by Gasteiger charge is -2.26. The molecule has 1 unspecified atom stereocenters. The number of aromatic nitrogens is 2. The molecule has 1 saturated heterocycles. The van der Waals surface area contributed by atoms with Crippen LogP contribution in [0.15, 0.2) is 60.0 Å². The molecule has 4 rings (SSSR count). The number of amides is 1. The van der Waals surface area contributed by atoms with Gasteiger partial charge in [0.2, 0.25) is 5.95 Å². The SMILES string of the molecule is CCCCCC(CC)Cc1nc(NC(=O)C2=C(F)C=CCC=C2)n(C)c1-c1ccc(OCCN2CCOCC2)cc1. The molecule has 1 aromatic carbocycles. The number of hydrogen-bond donors (Lipinski definition) is 1. The number of carbonyl (C=O) groups is 1. The van der Waals surface area contributed by atoms with Crippen molar-refractivity contribution in [1.29, 1.82) is 0 Å². The van der Waals surface area contributed by atoms with Crippen LogP contribution < -0.4 is 10.1 Å². The van der Waals surface area contributed by atoms with Crippen LogP contribution in [0.2, 0.25) is 0 Å². The molecular formula is C33H45FN4O3. The Morgan fingerprint density at radius 3 is 2.61 bits per heavy atom. The number of hydrogen-bond acceptors (Lipinski definition) is 5. The van der Waals surface area contributed by atoms with E-state index in [1.165, 1.54) is 31.4 Å². The molecule has 222 valence electrons. The first-order chi connectivity index (χ1) is 20.0. The van der Waals surface area contributed by atoms with E-state index in [4.69, 9.17) is 14.5 Å². The van der Waals surface area contributed by atoms with Crippen molar-refractivity contribution in [3.63, 3.8) is 0 Å². The van der Waals surface area contributed by atoms with Gasteiger partial charge in [0.15, 0.2) is 0 Å². The minimum atomic E-state index is -0.544. The third-order valence-electron chi connectivity index (χ3n) is 7.90. The Kier molecular flexibility index (Phi) is 11.8. The molecule has 0 saturated carbocycles. The third-order valence-corrected chi connectivity index (χ3v) is 7.90. The van der Waals surface area contributed by atoms with Crippen molar-refractivity contribution in [3.8, 4) is 17.0 Å². The molecule has 2 aromatic rings. The number of morpholine rings is 1. The van der Waals surface area contributed by atoms with Crippen LogP contribution in [0.5, 0.6) is 5.75 Å². The summed E-state index contributed by atoms with van der Waals surface area (Å²) in [5.41, 5.74) is 2.91. The molecule has 1 amide bonds. The molecule has 2 aliphatic rings. The second kappa shape index (κ2) is 15.7. The average molecular weight is 565 g/mol. The third kappa shape index (κ3) is 8.63. The molecular weight excluding hydrogens is 519 g/mol. The normalized spacial score (nSPS) is 16.6. The molecule has 1 aliphatic heterocycles. The van der Waals surface area contributed by atoms with E-state index in [9.17, 15) is 9.18 Å². The number of rotatable bonds is 14. The van der Waals surface area contributed by atoms with Crippen LogP contribution >= 0.6 is 0 Å². The first kappa shape index (κ1) is 30.7. The molecule has 1 N–H and O–H groups in total. The van der Waals surface area contributed by atoms with E-state index in [0.717, 1.165) is 74.8 Å². The van der Waals surface area contributed by atoms with Crippen LogP contribution in [0, 0.1) is 5.92 Å². The summed E-state index contributed by atoms with van der Waals surface area (Å²) in [6, 6.07) is 8.08. The molecule has 1 aromatic heterocycles. The number of nitrogens with zero attached hydrogens (tertiary/aromatic N) is 3. The summed E-state index contributed by atoms with van der Waals surface area (Å²) in [4.78, 5) is 20.3. The summed E-state index contributed by atoms with van der Waals surface area (Å²) in [7, 11) is 1.90. The maximum Gasteiger partial charge on any atom is 0.260 e. The van der Waals surface area contributed by atoms with Crippen LogP contribution in [0.1, 0.15) is 58.1 Å². The summed E-state index contributed by atoms with van der Waals surface area (Å²) in [5, 5.41) is 2.87. The maximum absolute atomic E-state index is 14.5. The lowest BCUT2D eigenvalue weighted by Crippen LogP contribution is -2.38. The first-order valence-electron chi connectivity index (χ1n) is 15.1. The molecule has 8 heteroatoms. The minimum Gasteiger partial charge on any atom is -0.492 e. The van der Waals surface area contributed by atoms with Gasteiger partial charge in [-0.3, -0.25) is 15.0 Å². The van der Waals surface area contributed by atoms with Crippen molar-refractivity contribution in [3.05, 3.63) is 65.7 Å². The molecule has 0 bridgehead atoms. The highest BCUT2D eigenvalue weighted by molar-refractivity contribution is 6.05. The summed E-state index contributed by atoms with van der Waals surface area (Å²) in [5.74, 6) is 0.682. The topological polar surface area (TPSA) is 68.6 Å². The Hall–Kier alpha value is -3.23. The van der Waals surface area contributed by atoms with Gasteiger partial charge in [0.25, 0.3) is 5.91 Å². The zero-order chi connectivity index (χ0) is 29.0. The van der Waals surface area contributed by atoms with Gasteiger partial charge in [-0.15, -0.1) is 0 Å². The van der Waals surface area contributed by atoms with E-state index >= 15 is 0 Å². The molecule has 0 spiro atoms. The van der Waals surface area contributed by atoms with Crippen molar-refractivity contribution < 1.29 is 18.7 Å². The van der Waals surface area contributed by atoms with Gasteiger partial charge in [-0.2, -0.15) is 0 Å². The highest BCUT2D eigenvalue weighted by atomic mass is 19.1. The van der Waals surface area contributed by atoms with Gasteiger partial charge in [0.1, 0.15) is 18.2 Å². The Labute approximate surface area is 244 Å². The van der Waals surface area contributed by atoms with Crippen LogP contribution in [0.3, 0.4) is 0 Å². The van der Waals surface area contributed by atoms with Crippen LogP contribution in [0.4, 0.5) is 10.3 Å². The molecule has 1 aliphatic carbocycles. The van der Waals surface area contributed by atoms with Gasteiger partial charge in [-0.1, -0.05) is 64.2 Å².